The summed E-state index contributed by atoms with van der Waals surface area (Å²) in [7, 11) is -3.69. The summed E-state index contributed by atoms with van der Waals surface area (Å²) in [4.78, 5) is 14.5. The monoisotopic (exact) mass is 449 g/mol. The Hall–Kier alpha value is -1.50. The number of para-hydroxylation sites is 1. The molecule has 2 aromatic carbocycles. The van der Waals surface area contributed by atoms with Crippen LogP contribution < -0.4 is 4.72 Å². The van der Waals surface area contributed by atoms with Gasteiger partial charge in [-0.3, -0.25) is 9.52 Å². The van der Waals surface area contributed by atoms with E-state index in [4.69, 9.17) is 11.6 Å². The first-order valence-electron chi connectivity index (χ1n) is 9.69. The molecule has 0 aromatic heterocycles. The second kappa shape index (κ2) is 7.33. The molecule has 2 atom stereocenters. The Labute approximate surface area is 181 Å². The standard InChI is InChI=1S/C22H24ClNO3S2/c1-21(2)15-11-12-22(21,20(25)13-15)14-29(26,27)24-18-5-3-4-6-19(18)28-17-9-7-16(23)8-10-17/h3-10,15,24H,11-14H2,1-2H3/t15-,22-/m0/s1. The molecule has 29 heavy (non-hydrogen) atoms. The fourth-order valence-electron chi connectivity index (χ4n) is 4.91. The summed E-state index contributed by atoms with van der Waals surface area (Å²) >= 11 is 7.42. The first kappa shape index (κ1) is 20.8. The van der Waals surface area contributed by atoms with Crippen LogP contribution in [0.4, 0.5) is 5.69 Å². The largest absolute Gasteiger partial charge is 0.299 e. The molecular formula is C22H24ClNO3S2. The number of benzene rings is 2. The van der Waals surface area contributed by atoms with Gasteiger partial charge in [0, 0.05) is 21.2 Å². The summed E-state index contributed by atoms with van der Waals surface area (Å²) in [6.45, 7) is 4.10. The molecule has 154 valence electrons. The molecular weight excluding hydrogens is 426 g/mol. The third-order valence-electron chi connectivity index (χ3n) is 6.77. The van der Waals surface area contributed by atoms with Crippen LogP contribution in [-0.4, -0.2) is 20.0 Å². The Morgan fingerprint density at radius 1 is 1.14 bits per heavy atom. The minimum Gasteiger partial charge on any atom is -0.299 e. The highest BCUT2D eigenvalue weighted by molar-refractivity contribution is 7.99. The first-order valence-corrected chi connectivity index (χ1v) is 12.5. The van der Waals surface area contributed by atoms with E-state index in [1.165, 1.54) is 11.8 Å². The maximum atomic E-state index is 13.1. The summed E-state index contributed by atoms with van der Waals surface area (Å²) in [5, 5.41) is 0.654. The molecule has 2 aliphatic rings. The van der Waals surface area contributed by atoms with Crippen LogP contribution in [0.1, 0.15) is 33.1 Å². The van der Waals surface area contributed by atoms with Crippen molar-refractivity contribution in [3.8, 4) is 0 Å². The molecule has 0 amide bonds. The zero-order valence-electron chi connectivity index (χ0n) is 16.4. The van der Waals surface area contributed by atoms with Gasteiger partial charge in [0.1, 0.15) is 5.78 Å². The van der Waals surface area contributed by atoms with Gasteiger partial charge >= 0.3 is 0 Å². The normalized spacial score (nSPS) is 25.3. The number of carbonyl (C=O) groups is 1. The predicted octanol–water partition coefficient (Wildman–Crippen LogP) is 5.63. The van der Waals surface area contributed by atoms with E-state index in [-0.39, 0.29) is 22.9 Å². The van der Waals surface area contributed by atoms with Crippen LogP contribution in [0.2, 0.25) is 5.02 Å². The fourth-order valence-corrected chi connectivity index (χ4v) is 7.91. The zero-order valence-corrected chi connectivity index (χ0v) is 18.8. The van der Waals surface area contributed by atoms with Crippen molar-refractivity contribution in [2.75, 3.05) is 10.5 Å². The van der Waals surface area contributed by atoms with Crippen molar-refractivity contribution in [2.45, 2.75) is 42.9 Å². The van der Waals surface area contributed by atoms with E-state index in [0.29, 0.717) is 23.6 Å². The van der Waals surface area contributed by atoms with Crippen molar-refractivity contribution in [2.24, 2.45) is 16.7 Å². The number of hydrogen-bond acceptors (Lipinski definition) is 4. The highest BCUT2D eigenvalue weighted by Crippen LogP contribution is 2.64. The summed E-state index contributed by atoms with van der Waals surface area (Å²) in [6, 6.07) is 14.7. The molecule has 2 saturated carbocycles. The molecule has 0 radical (unpaired) electrons. The molecule has 2 fully saturated rings. The highest BCUT2D eigenvalue weighted by atomic mass is 35.5. The number of ketones is 1. The van der Waals surface area contributed by atoms with Crippen LogP contribution in [0.25, 0.3) is 0 Å². The molecule has 0 heterocycles. The number of nitrogens with one attached hydrogen (secondary N) is 1. The molecule has 1 N–H and O–H groups in total. The van der Waals surface area contributed by atoms with Crippen LogP contribution in [0.3, 0.4) is 0 Å². The van der Waals surface area contributed by atoms with E-state index in [1.54, 1.807) is 24.3 Å². The number of anilines is 1. The van der Waals surface area contributed by atoms with Crippen molar-refractivity contribution in [1.29, 1.82) is 0 Å². The van der Waals surface area contributed by atoms with Crippen molar-refractivity contribution in [3.63, 3.8) is 0 Å². The van der Waals surface area contributed by atoms with Crippen molar-refractivity contribution in [1.82, 2.24) is 0 Å². The third kappa shape index (κ3) is 3.71. The molecule has 2 aromatic rings. The van der Waals surface area contributed by atoms with Gasteiger partial charge in [0.2, 0.25) is 10.0 Å². The molecule has 0 aliphatic heterocycles. The Bertz CT molecular complexity index is 1050. The van der Waals surface area contributed by atoms with E-state index in [1.807, 2.05) is 24.3 Å². The van der Waals surface area contributed by atoms with E-state index in [9.17, 15) is 13.2 Å². The van der Waals surface area contributed by atoms with Gasteiger partial charge in [0.15, 0.2) is 0 Å². The van der Waals surface area contributed by atoms with Gasteiger partial charge in [-0.05, 0) is 60.6 Å². The van der Waals surface area contributed by atoms with Gasteiger partial charge in [-0.15, -0.1) is 0 Å². The second-order valence-electron chi connectivity index (χ2n) is 8.58. The molecule has 0 spiro atoms. The minimum absolute atomic E-state index is 0.105. The number of sulfonamides is 1. The highest BCUT2D eigenvalue weighted by Gasteiger charge is 2.65. The first-order chi connectivity index (χ1) is 13.6. The Balaban J connectivity index is 1.58. The van der Waals surface area contributed by atoms with Gasteiger partial charge in [-0.2, -0.15) is 0 Å². The lowest BCUT2D eigenvalue weighted by Gasteiger charge is -2.36. The van der Waals surface area contributed by atoms with Crippen LogP contribution in [0.5, 0.6) is 0 Å². The van der Waals surface area contributed by atoms with Crippen molar-refractivity contribution >= 4 is 44.9 Å². The number of rotatable bonds is 6. The lowest BCUT2D eigenvalue weighted by Crippen LogP contribution is -2.43. The van der Waals surface area contributed by atoms with Gasteiger partial charge in [-0.25, -0.2) is 8.42 Å². The molecule has 2 bridgehead atoms. The average Bonchev–Trinajstić information content (AvgIpc) is 2.99. The van der Waals surface area contributed by atoms with Crippen LogP contribution >= 0.6 is 23.4 Å². The number of carbonyl (C=O) groups excluding carboxylic acids is 1. The quantitative estimate of drug-likeness (QED) is 0.620. The van der Waals surface area contributed by atoms with Crippen molar-refractivity contribution in [3.05, 3.63) is 53.6 Å². The predicted molar refractivity (Wildman–Crippen MR) is 118 cm³/mol. The van der Waals surface area contributed by atoms with Crippen LogP contribution in [0.15, 0.2) is 58.3 Å². The topological polar surface area (TPSA) is 63.2 Å². The SMILES string of the molecule is CC1(C)[C@H]2CC[C@]1(CS(=O)(=O)Nc1ccccc1Sc1ccc(Cl)cc1)C(=O)C2. The van der Waals surface area contributed by atoms with Crippen molar-refractivity contribution < 1.29 is 13.2 Å². The van der Waals surface area contributed by atoms with Crippen LogP contribution in [0, 0.1) is 16.7 Å². The Kier molecular flexibility index (Phi) is 5.24. The molecule has 0 saturated heterocycles. The van der Waals surface area contributed by atoms with Gasteiger partial charge in [0.05, 0.1) is 16.9 Å². The number of Topliss-reactive ketones (excluding diaryl/α,β-unsaturated/α-hetero) is 1. The van der Waals surface area contributed by atoms with E-state index in [2.05, 4.69) is 18.6 Å². The zero-order chi connectivity index (χ0) is 20.9. The third-order valence-corrected chi connectivity index (χ3v) is 9.51. The van der Waals surface area contributed by atoms with Crippen LogP contribution in [-0.2, 0) is 14.8 Å². The molecule has 4 nitrogen and oxygen atoms in total. The lowest BCUT2D eigenvalue weighted by molar-refractivity contribution is -0.128. The molecule has 7 heteroatoms. The maximum Gasteiger partial charge on any atom is 0.233 e. The summed E-state index contributed by atoms with van der Waals surface area (Å²) in [6.07, 6.45) is 2.09. The van der Waals surface area contributed by atoms with E-state index >= 15 is 0 Å². The number of fused-ring (bicyclic) bond motifs is 2. The number of halogens is 1. The second-order valence-corrected chi connectivity index (χ2v) is 11.9. The van der Waals surface area contributed by atoms with Gasteiger partial charge in [0.25, 0.3) is 0 Å². The Morgan fingerprint density at radius 2 is 1.83 bits per heavy atom. The maximum absolute atomic E-state index is 13.1. The molecule has 0 unspecified atom stereocenters. The average molecular weight is 450 g/mol. The minimum atomic E-state index is -3.69. The fraction of sp³-hybridized carbons (Fsp3) is 0.409. The Morgan fingerprint density at radius 3 is 2.45 bits per heavy atom. The molecule has 2 aliphatic carbocycles. The lowest BCUT2D eigenvalue weighted by atomic mass is 9.70. The summed E-state index contributed by atoms with van der Waals surface area (Å²) < 4.78 is 29.0. The molecule has 4 rings (SSSR count). The van der Waals surface area contributed by atoms with E-state index < -0.39 is 15.4 Å². The number of hydrogen-bond donors (Lipinski definition) is 1. The van der Waals surface area contributed by atoms with E-state index in [0.717, 1.165) is 16.2 Å². The van der Waals surface area contributed by atoms with Gasteiger partial charge < -0.3 is 0 Å². The van der Waals surface area contributed by atoms with Gasteiger partial charge in [-0.1, -0.05) is 49.3 Å². The summed E-state index contributed by atoms with van der Waals surface area (Å²) in [5.74, 6) is 0.244. The smallest absolute Gasteiger partial charge is 0.233 e. The summed E-state index contributed by atoms with van der Waals surface area (Å²) in [5.41, 5.74) is -0.528.